The Bertz CT molecular complexity index is 567. The molecule has 2 aromatic rings. The fraction of sp³-hybridized carbons (Fsp3) is 0.0714. The number of hydrogen-bond acceptors (Lipinski definition) is 1. The van der Waals surface area contributed by atoms with Crippen molar-refractivity contribution in [3.05, 3.63) is 59.4 Å². The summed E-state index contributed by atoms with van der Waals surface area (Å²) < 4.78 is 13.7. The van der Waals surface area contributed by atoms with E-state index >= 15 is 0 Å². The molecule has 2 aromatic carbocycles. The van der Waals surface area contributed by atoms with E-state index in [2.05, 4.69) is 0 Å². The molecular formula is C14H10FN. The Morgan fingerprint density at radius 3 is 2.50 bits per heavy atom. The molecule has 0 bridgehead atoms. The predicted molar refractivity (Wildman–Crippen MR) is 61.3 cm³/mol. The van der Waals surface area contributed by atoms with Gasteiger partial charge in [0.05, 0.1) is 11.6 Å². The first-order chi connectivity index (χ1) is 7.72. The molecule has 0 aliphatic heterocycles. The average molecular weight is 211 g/mol. The quantitative estimate of drug-likeness (QED) is 0.706. The molecule has 0 spiro atoms. The number of benzene rings is 2. The van der Waals surface area contributed by atoms with Crippen LogP contribution >= 0.6 is 0 Å². The van der Waals surface area contributed by atoms with Crippen molar-refractivity contribution in [1.29, 1.82) is 5.26 Å². The standard InChI is InChI=1S/C14H10FN/c1-10-4-2-3-5-12(10)13-8-11(9-16)6-7-14(13)15/h2-8H,1H3. The molecule has 0 saturated heterocycles. The van der Waals surface area contributed by atoms with Gasteiger partial charge in [-0.25, -0.2) is 4.39 Å². The van der Waals surface area contributed by atoms with Crippen LogP contribution in [0, 0.1) is 24.1 Å². The van der Waals surface area contributed by atoms with E-state index in [1.165, 1.54) is 12.1 Å². The Hall–Kier alpha value is -2.14. The molecule has 2 heteroatoms. The molecule has 0 unspecified atom stereocenters. The lowest BCUT2D eigenvalue weighted by Gasteiger charge is -2.07. The van der Waals surface area contributed by atoms with Crippen LogP contribution in [0.1, 0.15) is 11.1 Å². The Kier molecular flexibility index (Phi) is 2.70. The summed E-state index contributed by atoms with van der Waals surface area (Å²) in [4.78, 5) is 0. The van der Waals surface area contributed by atoms with E-state index in [1.807, 2.05) is 37.3 Å². The summed E-state index contributed by atoms with van der Waals surface area (Å²) in [5.41, 5.74) is 2.78. The van der Waals surface area contributed by atoms with E-state index in [0.29, 0.717) is 11.1 Å². The summed E-state index contributed by atoms with van der Waals surface area (Å²) in [7, 11) is 0. The maximum atomic E-state index is 13.7. The smallest absolute Gasteiger partial charge is 0.131 e. The van der Waals surface area contributed by atoms with Gasteiger partial charge in [0.2, 0.25) is 0 Å². The predicted octanol–water partition coefficient (Wildman–Crippen LogP) is 3.67. The minimum Gasteiger partial charge on any atom is -0.206 e. The Balaban J connectivity index is 2.65. The molecular weight excluding hydrogens is 201 g/mol. The molecule has 2 rings (SSSR count). The van der Waals surface area contributed by atoms with Gasteiger partial charge in [0.15, 0.2) is 0 Å². The molecule has 1 nitrogen and oxygen atoms in total. The Morgan fingerprint density at radius 1 is 1.06 bits per heavy atom. The first-order valence-electron chi connectivity index (χ1n) is 4.98. The van der Waals surface area contributed by atoms with Crippen LogP contribution in [0.5, 0.6) is 0 Å². The first-order valence-corrected chi connectivity index (χ1v) is 4.98. The van der Waals surface area contributed by atoms with Crippen molar-refractivity contribution in [2.45, 2.75) is 6.92 Å². The van der Waals surface area contributed by atoms with Crippen LogP contribution in [0.15, 0.2) is 42.5 Å². The van der Waals surface area contributed by atoms with E-state index in [0.717, 1.165) is 11.1 Å². The van der Waals surface area contributed by atoms with Crippen molar-refractivity contribution in [1.82, 2.24) is 0 Å². The number of halogens is 1. The van der Waals surface area contributed by atoms with Crippen LogP contribution in [-0.4, -0.2) is 0 Å². The van der Waals surface area contributed by atoms with Crippen LogP contribution in [-0.2, 0) is 0 Å². The lowest BCUT2D eigenvalue weighted by atomic mass is 9.99. The van der Waals surface area contributed by atoms with Gasteiger partial charge in [-0.15, -0.1) is 0 Å². The summed E-state index contributed by atoms with van der Waals surface area (Å²) in [6.45, 7) is 1.92. The van der Waals surface area contributed by atoms with Gasteiger partial charge >= 0.3 is 0 Å². The van der Waals surface area contributed by atoms with E-state index < -0.39 is 0 Å². The number of aryl methyl sites for hydroxylation is 1. The van der Waals surface area contributed by atoms with Crippen LogP contribution in [0.3, 0.4) is 0 Å². The summed E-state index contributed by atoms with van der Waals surface area (Å²) in [5, 5.41) is 8.80. The third kappa shape index (κ3) is 1.80. The minimum absolute atomic E-state index is 0.298. The number of nitriles is 1. The minimum atomic E-state index is -0.298. The SMILES string of the molecule is Cc1ccccc1-c1cc(C#N)ccc1F. The lowest BCUT2D eigenvalue weighted by molar-refractivity contribution is 0.631. The van der Waals surface area contributed by atoms with Gasteiger partial charge in [-0.2, -0.15) is 5.26 Å². The fourth-order valence-corrected chi connectivity index (χ4v) is 1.68. The topological polar surface area (TPSA) is 23.8 Å². The highest BCUT2D eigenvalue weighted by molar-refractivity contribution is 5.69. The maximum absolute atomic E-state index is 13.7. The molecule has 16 heavy (non-hydrogen) atoms. The third-order valence-corrected chi connectivity index (χ3v) is 2.53. The number of rotatable bonds is 1. The van der Waals surface area contributed by atoms with Gasteiger partial charge in [0.1, 0.15) is 5.82 Å². The van der Waals surface area contributed by atoms with Crippen LogP contribution in [0.2, 0.25) is 0 Å². The number of hydrogen-bond donors (Lipinski definition) is 0. The Labute approximate surface area is 93.8 Å². The van der Waals surface area contributed by atoms with Crippen molar-refractivity contribution in [2.75, 3.05) is 0 Å². The number of nitrogens with zero attached hydrogens (tertiary/aromatic N) is 1. The molecule has 0 fully saturated rings. The van der Waals surface area contributed by atoms with E-state index in [9.17, 15) is 4.39 Å². The average Bonchev–Trinajstić information content (AvgIpc) is 2.31. The zero-order valence-corrected chi connectivity index (χ0v) is 8.87. The van der Waals surface area contributed by atoms with Gasteiger partial charge in [-0.1, -0.05) is 24.3 Å². The summed E-state index contributed by atoms with van der Waals surface area (Å²) in [6, 6.07) is 14.0. The lowest BCUT2D eigenvalue weighted by Crippen LogP contribution is -1.88. The van der Waals surface area contributed by atoms with Crippen molar-refractivity contribution in [2.24, 2.45) is 0 Å². The highest BCUT2D eigenvalue weighted by Crippen LogP contribution is 2.26. The third-order valence-electron chi connectivity index (χ3n) is 2.53. The second-order valence-corrected chi connectivity index (χ2v) is 3.62. The molecule has 0 N–H and O–H groups in total. The molecule has 0 saturated carbocycles. The monoisotopic (exact) mass is 211 g/mol. The Morgan fingerprint density at radius 2 is 1.81 bits per heavy atom. The zero-order valence-electron chi connectivity index (χ0n) is 8.87. The second-order valence-electron chi connectivity index (χ2n) is 3.62. The van der Waals surface area contributed by atoms with E-state index in [-0.39, 0.29) is 5.82 Å². The second kappa shape index (κ2) is 4.16. The first kappa shape index (κ1) is 10.4. The highest BCUT2D eigenvalue weighted by atomic mass is 19.1. The van der Waals surface area contributed by atoms with Gasteiger partial charge in [0, 0.05) is 5.56 Å². The van der Waals surface area contributed by atoms with Crippen molar-refractivity contribution >= 4 is 0 Å². The van der Waals surface area contributed by atoms with Crippen LogP contribution in [0.25, 0.3) is 11.1 Å². The van der Waals surface area contributed by atoms with Gasteiger partial charge in [-0.3, -0.25) is 0 Å². The molecule has 0 aromatic heterocycles. The van der Waals surface area contributed by atoms with Gasteiger partial charge in [-0.05, 0) is 36.2 Å². The highest BCUT2D eigenvalue weighted by Gasteiger charge is 2.07. The molecule has 0 amide bonds. The zero-order chi connectivity index (χ0) is 11.5. The largest absolute Gasteiger partial charge is 0.206 e. The molecule has 0 aliphatic carbocycles. The molecule has 0 heterocycles. The fourth-order valence-electron chi connectivity index (χ4n) is 1.68. The summed E-state index contributed by atoms with van der Waals surface area (Å²) in [6.07, 6.45) is 0. The molecule has 78 valence electrons. The summed E-state index contributed by atoms with van der Waals surface area (Å²) in [5.74, 6) is -0.298. The van der Waals surface area contributed by atoms with Crippen LogP contribution in [0.4, 0.5) is 4.39 Å². The van der Waals surface area contributed by atoms with Crippen molar-refractivity contribution < 1.29 is 4.39 Å². The molecule has 0 radical (unpaired) electrons. The van der Waals surface area contributed by atoms with Crippen LogP contribution < -0.4 is 0 Å². The van der Waals surface area contributed by atoms with Crippen molar-refractivity contribution in [3.8, 4) is 17.2 Å². The summed E-state index contributed by atoms with van der Waals surface area (Å²) >= 11 is 0. The van der Waals surface area contributed by atoms with E-state index in [1.54, 1.807) is 6.07 Å². The maximum Gasteiger partial charge on any atom is 0.131 e. The van der Waals surface area contributed by atoms with Gasteiger partial charge < -0.3 is 0 Å². The molecule has 0 atom stereocenters. The molecule has 0 aliphatic rings. The normalized spacial score (nSPS) is 9.81. The van der Waals surface area contributed by atoms with Crippen molar-refractivity contribution in [3.63, 3.8) is 0 Å². The van der Waals surface area contributed by atoms with Gasteiger partial charge in [0.25, 0.3) is 0 Å². The van der Waals surface area contributed by atoms with E-state index in [4.69, 9.17) is 5.26 Å².